The predicted molar refractivity (Wildman–Crippen MR) is 68.2 cm³/mol. The summed E-state index contributed by atoms with van der Waals surface area (Å²) in [5.41, 5.74) is 0.663. The molecule has 0 bridgehead atoms. The topological polar surface area (TPSA) is 56.0 Å². The number of aryl methyl sites for hydroxylation is 1. The standard InChI is InChI=1S/C11H9BrN2O2S/c1-7-13-14-11(16-7)17-6-10(15)8-4-2-3-5-9(8)12/h2-5H,6H2,1H3. The summed E-state index contributed by atoms with van der Waals surface area (Å²) in [6, 6.07) is 7.33. The summed E-state index contributed by atoms with van der Waals surface area (Å²) in [5, 5.41) is 7.93. The number of benzene rings is 1. The van der Waals surface area contributed by atoms with Crippen LogP contribution in [-0.2, 0) is 0 Å². The molecule has 6 heteroatoms. The average Bonchev–Trinajstić information content (AvgIpc) is 2.73. The van der Waals surface area contributed by atoms with Gasteiger partial charge >= 0.3 is 0 Å². The zero-order chi connectivity index (χ0) is 12.3. The number of aromatic nitrogens is 2. The zero-order valence-corrected chi connectivity index (χ0v) is 11.4. The molecule has 1 aromatic heterocycles. The number of carbonyl (C=O) groups excluding carboxylic acids is 1. The molecule has 1 heterocycles. The molecule has 17 heavy (non-hydrogen) atoms. The molecule has 0 amide bonds. The number of rotatable bonds is 4. The molecule has 0 radical (unpaired) electrons. The van der Waals surface area contributed by atoms with Crippen LogP contribution in [0.15, 0.2) is 38.4 Å². The van der Waals surface area contributed by atoms with Crippen molar-refractivity contribution in [1.29, 1.82) is 0 Å². The first-order valence-electron chi connectivity index (χ1n) is 4.87. The molecule has 4 nitrogen and oxygen atoms in total. The van der Waals surface area contributed by atoms with Crippen molar-refractivity contribution in [3.8, 4) is 0 Å². The average molecular weight is 313 g/mol. The fraction of sp³-hybridized carbons (Fsp3) is 0.182. The Balaban J connectivity index is 2.01. The van der Waals surface area contributed by atoms with Gasteiger partial charge in [0.15, 0.2) is 5.78 Å². The maximum absolute atomic E-state index is 11.9. The second-order valence-electron chi connectivity index (χ2n) is 3.28. The quantitative estimate of drug-likeness (QED) is 0.641. The van der Waals surface area contributed by atoms with Gasteiger partial charge in [-0.05, 0) is 6.07 Å². The molecule has 0 aliphatic carbocycles. The van der Waals surface area contributed by atoms with Crippen LogP contribution in [0, 0.1) is 6.92 Å². The van der Waals surface area contributed by atoms with Crippen LogP contribution in [0.3, 0.4) is 0 Å². The van der Waals surface area contributed by atoms with Crippen molar-refractivity contribution in [3.05, 3.63) is 40.2 Å². The zero-order valence-electron chi connectivity index (χ0n) is 9.01. The van der Waals surface area contributed by atoms with E-state index in [1.54, 1.807) is 13.0 Å². The SMILES string of the molecule is Cc1nnc(SCC(=O)c2ccccc2Br)o1. The molecule has 0 saturated carbocycles. The van der Waals surface area contributed by atoms with Gasteiger partial charge in [0.1, 0.15) is 0 Å². The van der Waals surface area contributed by atoms with E-state index in [1.165, 1.54) is 11.8 Å². The third-order valence-corrected chi connectivity index (χ3v) is 3.52. The Morgan fingerprint density at radius 2 is 2.18 bits per heavy atom. The highest BCUT2D eigenvalue weighted by Crippen LogP contribution is 2.21. The van der Waals surface area contributed by atoms with Crippen LogP contribution in [0.4, 0.5) is 0 Å². The lowest BCUT2D eigenvalue weighted by molar-refractivity contribution is 0.102. The summed E-state index contributed by atoms with van der Waals surface area (Å²) in [4.78, 5) is 11.9. The van der Waals surface area contributed by atoms with E-state index >= 15 is 0 Å². The molecule has 0 saturated heterocycles. The Hall–Kier alpha value is -1.14. The van der Waals surface area contributed by atoms with Crippen molar-refractivity contribution >= 4 is 33.5 Å². The van der Waals surface area contributed by atoms with Crippen molar-refractivity contribution in [2.45, 2.75) is 12.1 Å². The molecule has 2 aromatic rings. The van der Waals surface area contributed by atoms with Gasteiger partial charge in [-0.3, -0.25) is 4.79 Å². The summed E-state index contributed by atoms with van der Waals surface area (Å²) >= 11 is 4.59. The normalized spacial score (nSPS) is 10.5. The maximum atomic E-state index is 11.9. The van der Waals surface area contributed by atoms with Crippen LogP contribution in [0.2, 0.25) is 0 Å². The largest absolute Gasteiger partial charge is 0.416 e. The Kier molecular flexibility index (Phi) is 3.96. The van der Waals surface area contributed by atoms with Crippen LogP contribution in [0.1, 0.15) is 16.2 Å². The number of Topliss-reactive ketones (excluding diaryl/α,β-unsaturated/α-hetero) is 1. The molecule has 0 fully saturated rings. The summed E-state index contributed by atoms with van der Waals surface area (Å²) in [6.45, 7) is 1.71. The predicted octanol–water partition coefficient (Wildman–Crippen LogP) is 3.12. The van der Waals surface area contributed by atoms with E-state index in [9.17, 15) is 4.79 Å². The molecule has 2 rings (SSSR count). The summed E-state index contributed by atoms with van der Waals surface area (Å²) in [5.74, 6) is 0.809. The van der Waals surface area contributed by atoms with E-state index in [1.807, 2.05) is 18.2 Å². The van der Waals surface area contributed by atoms with Crippen molar-refractivity contribution < 1.29 is 9.21 Å². The number of halogens is 1. The fourth-order valence-electron chi connectivity index (χ4n) is 1.23. The van der Waals surface area contributed by atoms with Crippen molar-refractivity contribution in [2.75, 3.05) is 5.75 Å². The minimum atomic E-state index is 0.0262. The van der Waals surface area contributed by atoms with Crippen LogP contribution in [0.25, 0.3) is 0 Å². The number of ketones is 1. The van der Waals surface area contributed by atoms with Gasteiger partial charge in [0.2, 0.25) is 5.89 Å². The van der Waals surface area contributed by atoms with E-state index in [-0.39, 0.29) is 11.5 Å². The Bertz CT molecular complexity index is 542. The first-order chi connectivity index (χ1) is 8.16. The molecular weight excluding hydrogens is 304 g/mol. The van der Waals surface area contributed by atoms with E-state index in [2.05, 4.69) is 26.1 Å². The molecule has 0 aliphatic heterocycles. The summed E-state index contributed by atoms with van der Waals surface area (Å²) < 4.78 is 5.98. The minimum Gasteiger partial charge on any atom is -0.416 e. The molecule has 0 atom stereocenters. The van der Waals surface area contributed by atoms with Gasteiger partial charge in [-0.1, -0.05) is 45.9 Å². The number of hydrogen-bond donors (Lipinski definition) is 0. The highest BCUT2D eigenvalue weighted by Gasteiger charge is 2.12. The Labute approximate surface area is 111 Å². The van der Waals surface area contributed by atoms with Crippen LogP contribution in [-0.4, -0.2) is 21.7 Å². The molecule has 88 valence electrons. The third-order valence-electron chi connectivity index (χ3n) is 2.01. The lowest BCUT2D eigenvalue weighted by Gasteiger charge is -2.01. The van der Waals surface area contributed by atoms with Gasteiger partial charge in [0, 0.05) is 17.0 Å². The van der Waals surface area contributed by atoms with Gasteiger partial charge < -0.3 is 4.42 Å². The van der Waals surface area contributed by atoms with Gasteiger partial charge in [-0.25, -0.2) is 0 Å². The smallest absolute Gasteiger partial charge is 0.277 e. The number of thioether (sulfide) groups is 1. The second kappa shape index (κ2) is 5.46. The maximum Gasteiger partial charge on any atom is 0.277 e. The van der Waals surface area contributed by atoms with Gasteiger partial charge in [0.25, 0.3) is 5.22 Å². The molecule has 0 unspecified atom stereocenters. The van der Waals surface area contributed by atoms with Crippen molar-refractivity contribution in [2.24, 2.45) is 0 Å². The summed E-state index contributed by atoms with van der Waals surface area (Å²) in [7, 11) is 0. The van der Waals surface area contributed by atoms with Gasteiger partial charge in [-0.15, -0.1) is 10.2 Å². The number of nitrogens with zero attached hydrogens (tertiary/aromatic N) is 2. The highest BCUT2D eigenvalue weighted by atomic mass is 79.9. The van der Waals surface area contributed by atoms with Crippen molar-refractivity contribution in [1.82, 2.24) is 10.2 Å². The van der Waals surface area contributed by atoms with E-state index in [0.29, 0.717) is 16.7 Å². The van der Waals surface area contributed by atoms with E-state index < -0.39 is 0 Å². The van der Waals surface area contributed by atoms with E-state index in [0.717, 1.165) is 4.47 Å². The highest BCUT2D eigenvalue weighted by molar-refractivity contribution is 9.10. The third kappa shape index (κ3) is 3.17. The van der Waals surface area contributed by atoms with Crippen LogP contribution < -0.4 is 0 Å². The van der Waals surface area contributed by atoms with Crippen LogP contribution >= 0.6 is 27.7 Å². The summed E-state index contributed by atoms with van der Waals surface area (Å²) in [6.07, 6.45) is 0. The number of carbonyl (C=O) groups is 1. The minimum absolute atomic E-state index is 0.0262. The molecule has 0 N–H and O–H groups in total. The lowest BCUT2D eigenvalue weighted by atomic mass is 10.1. The Morgan fingerprint density at radius 1 is 1.41 bits per heavy atom. The first-order valence-corrected chi connectivity index (χ1v) is 6.65. The van der Waals surface area contributed by atoms with Gasteiger partial charge in [-0.2, -0.15) is 0 Å². The fourth-order valence-corrected chi connectivity index (χ4v) is 2.42. The van der Waals surface area contributed by atoms with Crippen LogP contribution in [0.5, 0.6) is 0 Å². The Morgan fingerprint density at radius 3 is 2.82 bits per heavy atom. The first kappa shape index (κ1) is 12.3. The molecule has 0 aliphatic rings. The lowest BCUT2D eigenvalue weighted by Crippen LogP contribution is -2.03. The second-order valence-corrected chi connectivity index (χ2v) is 5.06. The van der Waals surface area contributed by atoms with Gasteiger partial charge in [0.05, 0.1) is 5.75 Å². The van der Waals surface area contributed by atoms with Crippen molar-refractivity contribution in [3.63, 3.8) is 0 Å². The molecular formula is C11H9BrN2O2S. The molecule has 0 spiro atoms. The van der Waals surface area contributed by atoms with E-state index in [4.69, 9.17) is 4.42 Å². The molecule has 1 aromatic carbocycles. The number of hydrogen-bond acceptors (Lipinski definition) is 5. The monoisotopic (exact) mass is 312 g/mol.